The summed E-state index contributed by atoms with van der Waals surface area (Å²) < 4.78 is 10.5. The smallest absolute Gasteiger partial charge is 0.309 e. The highest BCUT2D eigenvalue weighted by molar-refractivity contribution is 6.01. The minimum Gasteiger partial charge on any atom is -0.494 e. The van der Waals surface area contributed by atoms with Crippen LogP contribution in [-0.2, 0) is 14.3 Å². The highest BCUT2D eigenvalue weighted by Gasteiger charge is 2.38. The van der Waals surface area contributed by atoms with Gasteiger partial charge in [0, 0.05) is 18.4 Å². The van der Waals surface area contributed by atoms with Crippen molar-refractivity contribution in [1.82, 2.24) is 0 Å². The van der Waals surface area contributed by atoms with Crippen molar-refractivity contribution in [3.05, 3.63) is 29.8 Å². The minimum absolute atomic E-state index is 0.0337. The van der Waals surface area contributed by atoms with Crippen LogP contribution in [0.4, 0.5) is 5.69 Å². The van der Waals surface area contributed by atoms with Gasteiger partial charge in [0.2, 0.25) is 0 Å². The Morgan fingerprint density at radius 1 is 1.24 bits per heavy atom. The number of hydrogen-bond donors (Lipinski definition) is 1. The predicted molar refractivity (Wildman–Crippen MR) is 113 cm³/mol. The number of anilines is 1. The summed E-state index contributed by atoms with van der Waals surface area (Å²) in [4.78, 5) is 28.3. The topological polar surface area (TPSA) is 60.3 Å². The first-order valence-corrected chi connectivity index (χ1v) is 10.5. The van der Waals surface area contributed by atoms with E-state index in [2.05, 4.69) is 26.8 Å². The molecule has 1 saturated heterocycles. The fourth-order valence-corrected chi connectivity index (χ4v) is 4.62. The zero-order valence-electron chi connectivity index (χ0n) is 18.2. The van der Waals surface area contributed by atoms with Crippen molar-refractivity contribution in [2.45, 2.75) is 46.1 Å². The van der Waals surface area contributed by atoms with E-state index in [-0.39, 0.29) is 17.8 Å². The largest absolute Gasteiger partial charge is 0.494 e. The number of benzene rings is 1. The van der Waals surface area contributed by atoms with Crippen molar-refractivity contribution in [3.8, 4) is 5.75 Å². The average molecular weight is 402 g/mol. The average Bonchev–Trinajstić information content (AvgIpc) is 2.68. The summed E-state index contributed by atoms with van der Waals surface area (Å²) in [6, 6.07) is 5.95. The Kier molecular flexibility index (Phi) is 6.32. The van der Waals surface area contributed by atoms with Crippen LogP contribution in [0.15, 0.2) is 24.3 Å². The second kappa shape index (κ2) is 8.57. The molecule has 1 N–H and O–H groups in total. The second-order valence-corrected chi connectivity index (χ2v) is 8.55. The third-order valence-corrected chi connectivity index (χ3v) is 5.97. The molecular weight excluding hydrogens is 368 g/mol. The molecule has 6 heteroatoms. The number of nitrogens with one attached hydrogen (secondary N) is 1. The summed E-state index contributed by atoms with van der Waals surface area (Å²) in [7, 11) is 1.44. The monoisotopic (exact) mass is 401 g/mol. The van der Waals surface area contributed by atoms with Gasteiger partial charge >= 0.3 is 5.97 Å². The van der Waals surface area contributed by atoms with Crippen LogP contribution >= 0.6 is 0 Å². The normalized spacial score (nSPS) is 23.1. The van der Waals surface area contributed by atoms with Crippen molar-refractivity contribution in [2.24, 2.45) is 5.92 Å². The Hall–Kier alpha value is -2.34. The lowest BCUT2D eigenvalue weighted by atomic mass is 9.88. The Morgan fingerprint density at radius 3 is 2.55 bits per heavy atom. The van der Waals surface area contributed by atoms with Crippen molar-refractivity contribution >= 4 is 23.1 Å². The number of likely N-dealkylation sites (tertiary alicyclic amines) is 1. The molecule has 0 saturated carbocycles. The van der Waals surface area contributed by atoms with Crippen molar-refractivity contribution in [1.29, 1.82) is 0 Å². The van der Waals surface area contributed by atoms with E-state index >= 15 is 0 Å². The van der Waals surface area contributed by atoms with Gasteiger partial charge in [-0.05, 0) is 51.5 Å². The zero-order valence-corrected chi connectivity index (χ0v) is 18.2. The summed E-state index contributed by atoms with van der Waals surface area (Å²) in [5.74, 6) is 0.762. The van der Waals surface area contributed by atoms with Gasteiger partial charge in [0.15, 0.2) is 6.54 Å². The number of carbonyl (C=O) groups excluding carboxylic acids is 2. The fraction of sp³-hybridized carbons (Fsp3) is 0.565. The molecule has 2 heterocycles. The molecular formula is C23H33N2O4+. The second-order valence-electron chi connectivity index (χ2n) is 8.55. The van der Waals surface area contributed by atoms with Gasteiger partial charge in [0.25, 0.3) is 5.91 Å². The van der Waals surface area contributed by atoms with E-state index in [1.807, 2.05) is 30.0 Å². The molecule has 1 fully saturated rings. The Labute approximate surface area is 173 Å². The number of quaternary nitrogens is 1. The van der Waals surface area contributed by atoms with Gasteiger partial charge in [-0.15, -0.1) is 0 Å². The Balaban J connectivity index is 1.77. The predicted octanol–water partition coefficient (Wildman–Crippen LogP) is 2.08. The molecule has 3 rings (SSSR count). The van der Waals surface area contributed by atoms with E-state index in [1.54, 1.807) is 0 Å². The van der Waals surface area contributed by atoms with E-state index in [0.717, 1.165) is 48.5 Å². The van der Waals surface area contributed by atoms with Crippen LogP contribution in [0.2, 0.25) is 0 Å². The van der Waals surface area contributed by atoms with Crippen LogP contribution in [0.5, 0.6) is 5.75 Å². The van der Waals surface area contributed by atoms with Gasteiger partial charge in [0.1, 0.15) is 5.75 Å². The molecule has 2 aliphatic heterocycles. The molecule has 0 bridgehead atoms. The molecule has 2 aliphatic rings. The number of rotatable bonds is 5. The zero-order chi connectivity index (χ0) is 21.2. The van der Waals surface area contributed by atoms with Crippen LogP contribution in [-0.4, -0.2) is 50.8 Å². The quantitative estimate of drug-likeness (QED) is 0.768. The van der Waals surface area contributed by atoms with Crippen LogP contribution in [0.25, 0.3) is 5.57 Å². The highest BCUT2D eigenvalue weighted by atomic mass is 16.5. The number of carbonyl (C=O) groups is 2. The first-order chi connectivity index (χ1) is 13.8. The van der Waals surface area contributed by atoms with Crippen molar-refractivity contribution in [3.63, 3.8) is 0 Å². The molecule has 0 aromatic heterocycles. The molecule has 1 aromatic rings. The molecule has 1 aromatic carbocycles. The number of methoxy groups -OCH3 is 1. The van der Waals surface area contributed by atoms with Crippen LogP contribution in [0, 0.1) is 5.92 Å². The first-order valence-electron chi connectivity index (χ1n) is 10.5. The van der Waals surface area contributed by atoms with E-state index in [9.17, 15) is 9.59 Å². The molecule has 0 spiro atoms. The molecule has 29 heavy (non-hydrogen) atoms. The number of nitrogens with zero attached hydrogens (tertiary/aromatic N) is 1. The van der Waals surface area contributed by atoms with Crippen LogP contribution < -0.4 is 14.5 Å². The van der Waals surface area contributed by atoms with Gasteiger partial charge < -0.3 is 14.4 Å². The number of piperidine rings is 1. The lowest BCUT2D eigenvalue weighted by Crippen LogP contribution is -3.14. The van der Waals surface area contributed by atoms with E-state index in [0.29, 0.717) is 13.2 Å². The Bertz CT molecular complexity index is 807. The van der Waals surface area contributed by atoms with Crippen LogP contribution in [0.1, 0.15) is 46.1 Å². The standard InChI is InChI=1S/C23H32N2O4/c1-6-29-18-7-8-20-19(13-18)16(2)14-23(3,4)25(20)21(26)15-24-11-9-17(10-12-24)22(27)28-5/h7-8,13-14,17H,6,9-12,15H2,1-5H3/p+1. The Morgan fingerprint density at radius 2 is 1.93 bits per heavy atom. The molecule has 0 atom stereocenters. The summed E-state index contributed by atoms with van der Waals surface area (Å²) in [6.07, 6.45) is 3.69. The van der Waals surface area contributed by atoms with Gasteiger partial charge in [-0.3, -0.25) is 14.5 Å². The fourth-order valence-electron chi connectivity index (χ4n) is 4.62. The van der Waals surface area contributed by atoms with Gasteiger partial charge in [-0.1, -0.05) is 6.08 Å². The summed E-state index contributed by atoms with van der Waals surface area (Å²) in [5.41, 5.74) is 2.74. The van der Waals surface area contributed by atoms with Crippen LogP contribution in [0.3, 0.4) is 0 Å². The maximum atomic E-state index is 13.4. The number of ether oxygens (including phenoxy) is 2. The van der Waals surface area contributed by atoms with E-state index in [1.165, 1.54) is 12.0 Å². The molecule has 158 valence electrons. The van der Waals surface area contributed by atoms with E-state index in [4.69, 9.17) is 9.47 Å². The number of hydrogen-bond acceptors (Lipinski definition) is 4. The summed E-state index contributed by atoms with van der Waals surface area (Å²) in [5, 5.41) is 0. The number of esters is 1. The maximum absolute atomic E-state index is 13.4. The molecule has 1 amide bonds. The third-order valence-electron chi connectivity index (χ3n) is 5.97. The number of fused-ring (bicyclic) bond motifs is 1. The highest BCUT2D eigenvalue weighted by Crippen LogP contribution is 2.40. The molecule has 0 aliphatic carbocycles. The lowest BCUT2D eigenvalue weighted by molar-refractivity contribution is -0.897. The lowest BCUT2D eigenvalue weighted by Gasteiger charge is -2.42. The van der Waals surface area contributed by atoms with E-state index < -0.39 is 5.54 Å². The SMILES string of the molecule is CCOc1ccc2c(c1)C(C)=CC(C)(C)N2C(=O)C[NH+]1CCC(C(=O)OC)CC1. The van der Waals surface area contributed by atoms with Gasteiger partial charge in [-0.2, -0.15) is 0 Å². The first kappa shape index (κ1) is 21.4. The maximum Gasteiger partial charge on any atom is 0.309 e. The molecule has 0 radical (unpaired) electrons. The molecule has 0 unspecified atom stereocenters. The summed E-state index contributed by atoms with van der Waals surface area (Å²) >= 11 is 0. The number of allylic oxidation sites excluding steroid dienone is 1. The molecule has 6 nitrogen and oxygen atoms in total. The van der Waals surface area contributed by atoms with Gasteiger partial charge in [0.05, 0.1) is 44.0 Å². The third kappa shape index (κ3) is 4.47. The van der Waals surface area contributed by atoms with Crippen molar-refractivity contribution < 1.29 is 24.0 Å². The van der Waals surface area contributed by atoms with Crippen molar-refractivity contribution in [2.75, 3.05) is 38.3 Å². The van der Waals surface area contributed by atoms with Gasteiger partial charge in [-0.25, -0.2) is 0 Å². The minimum atomic E-state index is -0.398. The summed E-state index contributed by atoms with van der Waals surface area (Å²) in [6.45, 7) is 10.9. The number of amides is 1.